The molecule has 0 saturated carbocycles. The van der Waals surface area contributed by atoms with Gasteiger partial charge in [0.05, 0.1) is 13.1 Å². The Morgan fingerprint density at radius 2 is 1.83 bits per heavy atom. The molecule has 7 heteroatoms. The standard InChI is InChI=1S/C17H24N4O3/c1-17(2,3)19-15(23)13-11-20(4)16(24)18-10-14(22)21(13)12-8-6-5-7-9-12/h5-9,13H,10-11H2,1-4H3,(H,18,24)(H,19,23). The van der Waals surface area contributed by atoms with Crippen LogP contribution in [0.15, 0.2) is 30.3 Å². The van der Waals surface area contributed by atoms with Crippen molar-refractivity contribution in [1.29, 1.82) is 0 Å². The summed E-state index contributed by atoms with van der Waals surface area (Å²) in [5, 5.41) is 5.46. The highest BCUT2D eigenvalue weighted by molar-refractivity contribution is 6.03. The molecule has 1 saturated heterocycles. The van der Waals surface area contributed by atoms with Crippen molar-refractivity contribution in [1.82, 2.24) is 15.5 Å². The molecule has 1 atom stereocenters. The first kappa shape index (κ1) is 17.8. The number of carbonyl (C=O) groups is 3. The number of nitrogens with zero attached hydrogens (tertiary/aromatic N) is 2. The molecular formula is C17H24N4O3. The molecule has 1 aromatic rings. The van der Waals surface area contributed by atoms with E-state index in [0.717, 1.165) is 0 Å². The van der Waals surface area contributed by atoms with Crippen molar-refractivity contribution in [3.63, 3.8) is 0 Å². The SMILES string of the molecule is CN1CC(C(=O)NC(C)(C)C)N(c2ccccc2)C(=O)CNC1=O. The molecule has 1 heterocycles. The predicted molar refractivity (Wildman–Crippen MR) is 91.6 cm³/mol. The van der Waals surface area contributed by atoms with Crippen LogP contribution >= 0.6 is 0 Å². The maximum atomic E-state index is 12.8. The van der Waals surface area contributed by atoms with Crippen molar-refractivity contribution >= 4 is 23.5 Å². The van der Waals surface area contributed by atoms with E-state index in [9.17, 15) is 14.4 Å². The van der Waals surface area contributed by atoms with Crippen LogP contribution < -0.4 is 15.5 Å². The number of urea groups is 1. The smallest absolute Gasteiger partial charge is 0.317 e. The van der Waals surface area contributed by atoms with Gasteiger partial charge in [-0.2, -0.15) is 0 Å². The minimum atomic E-state index is -0.796. The Labute approximate surface area is 142 Å². The molecule has 0 radical (unpaired) electrons. The van der Waals surface area contributed by atoms with E-state index in [1.54, 1.807) is 19.2 Å². The van der Waals surface area contributed by atoms with Crippen LogP contribution in [-0.2, 0) is 9.59 Å². The molecule has 0 spiro atoms. The molecule has 0 aromatic heterocycles. The number of carbonyl (C=O) groups excluding carboxylic acids is 3. The first-order chi connectivity index (χ1) is 11.2. The fourth-order valence-corrected chi connectivity index (χ4v) is 2.53. The number of amides is 4. The van der Waals surface area contributed by atoms with Crippen molar-refractivity contribution in [3.8, 4) is 0 Å². The highest BCUT2D eigenvalue weighted by atomic mass is 16.2. The summed E-state index contributed by atoms with van der Waals surface area (Å²) in [6.45, 7) is 5.57. The highest BCUT2D eigenvalue weighted by Crippen LogP contribution is 2.19. The molecule has 1 aromatic carbocycles. The van der Waals surface area contributed by atoms with Gasteiger partial charge in [0.1, 0.15) is 6.04 Å². The number of hydrogen-bond acceptors (Lipinski definition) is 3. The van der Waals surface area contributed by atoms with E-state index >= 15 is 0 Å². The van der Waals surface area contributed by atoms with Gasteiger partial charge in [-0.15, -0.1) is 0 Å². The Hall–Kier alpha value is -2.57. The van der Waals surface area contributed by atoms with Gasteiger partial charge < -0.3 is 15.5 Å². The van der Waals surface area contributed by atoms with Crippen LogP contribution in [0.1, 0.15) is 20.8 Å². The van der Waals surface area contributed by atoms with E-state index in [1.807, 2.05) is 39.0 Å². The van der Waals surface area contributed by atoms with Crippen molar-refractivity contribution in [2.45, 2.75) is 32.4 Å². The Morgan fingerprint density at radius 1 is 1.21 bits per heavy atom. The molecule has 1 aliphatic rings. The zero-order chi connectivity index (χ0) is 17.9. The number of benzene rings is 1. The van der Waals surface area contributed by atoms with E-state index in [4.69, 9.17) is 0 Å². The normalized spacial score (nSPS) is 19.4. The summed E-state index contributed by atoms with van der Waals surface area (Å²) >= 11 is 0. The monoisotopic (exact) mass is 332 g/mol. The zero-order valence-electron chi connectivity index (χ0n) is 14.5. The quantitative estimate of drug-likeness (QED) is 0.846. The van der Waals surface area contributed by atoms with Gasteiger partial charge >= 0.3 is 6.03 Å². The van der Waals surface area contributed by atoms with Gasteiger partial charge in [0.15, 0.2) is 0 Å². The second kappa shape index (κ2) is 6.90. The number of anilines is 1. The van der Waals surface area contributed by atoms with Crippen LogP contribution in [0.3, 0.4) is 0 Å². The Bertz CT molecular complexity index is 624. The lowest BCUT2D eigenvalue weighted by Gasteiger charge is -2.37. The van der Waals surface area contributed by atoms with Gasteiger partial charge in [-0.3, -0.25) is 14.5 Å². The maximum Gasteiger partial charge on any atom is 0.317 e. The molecular weight excluding hydrogens is 308 g/mol. The number of rotatable bonds is 2. The molecule has 0 bridgehead atoms. The topological polar surface area (TPSA) is 81.8 Å². The van der Waals surface area contributed by atoms with Crippen molar-refractivity contribution < 1.29 is 14.4 Å². The van der Waals surface area contributed by atoms with Crippen LogP contribution in [0.4, 0.5) is 10.5 Å². The maximum absolute atomic E-state index is 12.8. The third kappa shape index (κ3) is 4.24. The van der Waals surface area contributed by atoms with Crippen LogP contribution in [0.25, 0.3) is 0 Å². The fraction of sp³-hybridized carbons (Fsp3) is 0.471. The summed E-state index contributed by atoms with van der Waals surface area (Å²) in [5.41, 5.74) is 0.187. The lowest BCUT2D eigenvalue weighted by atomic mass is 10.1. The molecule has 1 fully saturated rings. The Morgan fingerprint density at radius 3 is 2.42 bits per heavy atom. The molecule has 1 unspecified atom stereocenters. The first-order valence-corrected chi connectivity index (χ1v) is 7.87. The van der Waals surface area contributed by atoms with E-state index in [0.29, 0.717) is 5.69 Å². The fourth-order valence-electron chi connectivity index (χ4n) is 2.53. The van der Waals surface area contributed by atoms with E-state index in [1.165, 1.54) is 9.80 Å². The highest BCUT2D eigenvalue weighted by Gasteiger charge is 2.36. The second-order valence-corrected chi connectivity index (χ2v) is 6.89. The van der Waals surface area contributed by atoms with E-state index in [-0.39, 0.29) is 30.9 Å². The van der Waals surface area contributed by atoms with Gasteiger partial charge in [0.25, 0.3) is 0 Å². The molecule has 4 amide bonds. The van der Waals surface area contributed by atoms with Crippen LogP contribution in [-0.4, -0.2) is 54.5 Å². The zero-order valence-corrected chi connectivity index (χ0v) is 14.5. The number of para-hydroxylation sites is 1. The Kier molecular flexibility index (Phi) is 5.11. The van der Waals surface area contributed by atoms with Gasteiger partial charge in [0, 0.05) is 18.3 Å². The summed E-state index contributed by atoms with van der Waals surface area (Å²) in [6, 6.07) is 7.85. The van der Waals surface area contributed by atoms with Crippen LogP contribution in [0.2, 0.25) is 0 Å². The number of hydrogen-bond donors (Lipinski definition) is 2. The molecule has 0 aliphatic carbocycles. The van der Waals surface area contributed by atoms with E-state index < -0.39 is 11.6 Å². The largest absolute Gasteiger partial charge is 0.350 e. The van der Waals surface area contributed by atoms with Crippen LogP contribution in [0.5, 0.6) is 0 Å². The first-order valence-electron chi connectivity index (χ1n) is 7.87. The van der Waals surface area contributed by atoms with Gasteiger partial charge in [-0.05, 0) is 32.9 Å². The van der Waals surface area contributed by atoms with Gasteiger partial charge in [0.2, 0.25) is 11.8 Å². The van der Waals surface area contributed by atoms with Gasteiger partial charge in [-0.25, -0.2) is 4.79 Å². The molecule has 2 rings (SSSR count). The van der Waals surface area contributed by atoms with Crippen molar-refractivity contribution in [3.05, 3.63) is 30.3 Å². The molecule has 1 aliphatic heterocycles. The number of likely N-dealkylation sites (N-methyl/N-ethyl adjacent to an activating group) is 1. The van der Waals surface area contributed by atoms with Gasteiger partial charge in [-0.1, -0.05) is 18.2 Å². The van der Waals surface area contributed by atoms with Crippen molar-refractivity contribution in [2.75, 3.05) is 25.0 Å². The molecule has 24 heavy (non-hydrogen) atoms. The summed E-state index contributed by atoms with van der Waals surface area (Å²) in [6.07, 6.45) is 0. The van der Waals surface area contributed by atoms with Crippen LogP contribution in [0, 0.1) is 0 Å². The summed E-state index contributed by atoms with van der Waals surface area (Å²) in [7, 11) is 1.60. The minimum Gasteiger partial charge on any atom is -0.350 e. The van der Waals surface area contributed by atoms with E-state index in [2.05, 4.69) is 10.6 Å². The molecule has 2 N–H and O–H groups in total. The lowest BCUT2D eigenvalue weighted by Crippen LogP contribution is -2.62. The molecule has 130 valence electrons. The predicted octanol–water partition coefficient (Wildman–Crippen LogP) is 0.958. The number of nitrogens with one attached hydrogen (secondary N) is 2. The summed E-state index contributed by atoms with van der Waals surface area (Å²) in [5.74, 6) is -0.613. The van der Waals surface area contributed by atoms with Crippen molar-refractivity contribution in [2.24, 2.45) is 0 Å². The average Bonchev–Trinajstić information content (AvgIpc) is 2.50. The summed E-state index contributed by atoms with van der Waals surface area (Å²) in [4.78, 5) is 40.2. The Balaban J connectivity index is 2.41. The second-order valence-electron chi connectivity index (χ2n) is 6.89. The third-order valence-corrected chi connectivity index (χ3v) is 3.60. The third-order valence-electron chi connectivity index (χ3n) is 3.60. The summed E-state index contributed by atoms with van der Waals surface area (Å²) < 4.78 is 0. The minimum absolute atomic E-state index is 0.106. The average molecular weight is 332 g/mol. The lowest BCUT2D eigenvalue weighted by molar-refractivity contribution is -0.127. The molecule has 7 nitrogen and oxygen atoms in total.